The quantitative estimate of drug-likeness (QED) is 0.788. The lowest BCUT2D eigenvalue weighted by Crippen LogP contribution is -2.24. The van der Waals surface area contributed by atoms with E-state index in [9.17, 15) is 4.79 Å². The van der Waals surface area contributed by atoms with Gasteiger partial charge >= 0.3 is 0 Å². The maximum absolute atomic E-state index is 12.0. The van der Waals surface area contributed by atoms with Gasteiger partial charge in [0.1, 0.15) is 17.5 Å². The summed E-state index contributed by atoms with van der Waals surface area (Å²) in [6.45, 7) is 1.98. The van der Waals surface area contributed by atoms with Gasteiger partial charge in [-0.05, 0) is 19.8 Å². The number of aromatic nitrogens is 4. The number of hydrogen-bond donors (Lipinski definition) is 0. The average Bonchev–Trinajstić information content (AvgIpc) is 3.06. The standard InChI is InChI=1S/C11H11ClN4O2/c1-6-13-9(18-15-6)5-16-10(17)4-8(12)14-11(16)7-2-3-7/h4,7H,2-3,5H2,1H3. The Balaban J connectivity index is 2.02. The minimum Gasteiger partial charge on any atom is -0.337 e. The monoisotopic (exact) mass is 266 g/mol. The fourth-order valence-corrected chi connectivity index (χ4v) is 2.03. The maximum atomic E-state index is 12.0. The molecule has 1 aliphatic rings. The van der Waals surface area contributed by atoms with Gasteiger partial charge in [0.25, 0.3) is 5.56 Å². The minimum atomic E-state index is -0.187. The predicted octanol–water partition coefficient (Wildman–Crippen LogP) is 1.51. The van der Waals surface area contributed by atoms with Crippen LogP contribution in [0.4, 0.5) is 0 Å². The SMILES string of the molecule is Cc1noc(Cn2c(C3CC3)nc(Cl)cc2=O)n1. The molecule has 3 rings (SSSR count). The lowest BCUT2D eigenvalue weighted by atomic mass is 10.3. The molecule has 0 spiro atoms. The largest absolute Gasteiger partial charge is 0.337 e. The Bertz CT molecular complexity index is 645. The molecule has 0 aromatic carbocycles. The van der Waals surface area contributed by atoms with E-state index in [0.717, 1.165) is 12.8 Å². The summed E-state index contributed by atoms with van der Waals surface area (Å²) >= 11 is 5.83. The van der Waals surface area contributed by atoms with Crippen LogP contribution >= 0.6 is 11.6 Å². The van der Waals surface area contributed by atoms with Crippen molar-refractivity contribution < 1.29 is 4.52 Å². The molecule has 0 unspecified atom stereocenters. The molecular weight excluding hydrogens is 256 g/mol. The predicted molar refractivity (Wildman–Crippen MR) is 63.6 cm³/mol. The van der Waals surface area contributed by atoms with Crippen molar-refractivity contribution in [2.75, 3.05) is 0 Å². The van der Waals surface area contributed by atoms with Crippen LogP contribution < -0.4 is 5.56 Å². The van der Waals surface area contributed by atoms with Crippen molar-refractivity contribution in [1.29, 1.82) is 0 Å². The molecule has 18 heavy (non-hydrogen) atoms. The summed E-state index contributed by atoms with van der Waals surface area (Å²) in [6.07, 6.45) is 2.07. The Labute approximate surface area is 108 Å². The average molecular weight is 267 g/mol. The lowest BCUT2D eigenvalue weighted by molar-refractivity contribution is 0.363. The number of hydrogen-bond acceptors (Lipinski definition) is 5. The van der Waals surface area contributed by atoms with Gasteiger partial charge in [-0.2, -0.15) is 4.98 Å². The third kappa shape index (κ3) is 2.15. The van der Waals surface area contributed by atoms with E-state index in [-0.39, 0.29) is 17.3 Å². The van der Waals surface area contributed by atoms with E-state index in [1.54, 1.807) is 11.5 Å². The van der Waals surface area contributed by atoms with Crippen LogP contribution in [0.15, 0.2) is 15.4 Å². The van der Waals surface area contributed by atoms with Crippen molar-refractivity contribution in [3.05, 3.63) is 39.1 Å². The van der Waals surface area contributed by atoms with Crippen molar-refractivity contribution in [2.24, 2.45) is 0 Å². The summed E-state index contributed by atoms with van der Waals surface area (Å²) in [6, 6.07) is 1.30. The van der Waals surface area contributed by atoms with Crippen LogP contribution in [0.1, 0.15) is 36.3 Å². The lowest BCUT2D eigenvalue weighted by Gasteiger charge is -2.08. The van der Waals surface area contributed by atoms with Crippen LogP contribution in [0.5, 0.6) is 0 Å². The van der Waals surface area contributed by atoms with Crippen LogP contribution in [0.2, 0.25) is 5.15 Å². The van der Waals surface area contributed by atoms with E-state index in [0.29, 0.717) is 23.5 Å². The van der Waals surface area contributed by atoms with Gasteiger partial charge in [0, 0.05) is 12.0 Å². The second-order valence-electron chi connectivity index (χ2n) is 4.37. The first-order chi connectivity index (χ1) is 8.63. The molecule has 94 valence electrons. The molecule has 0 aliphatic heterocycles. The summed E-state index contributed by atoms with van der Waals surface area (Å²) in [5.41, 5.74) is -0.187. The van der Waals surface area contributed by atoms with Gasteiger partial charge in [0.15, 0.2) is 5.82 Å². The first-order valence-electron chi connectivity index (χ1n) is 5.70. The molecule has 2 heterocycles. The van der Waals surface area contributed by atoms with Crippen molar-refractivity contribution in [2.45, 2.75) is 32.2 Å². The molecule has 0 bridgehead atoms. The first kappa shape index (κ1) is 11.4. The van der Waals surface area contributed by atoms with E-state index in [1.807, 2.05) is 0 Å². The van der Waals surface area contributed by atoms with Gasteiger partial charge in [0.05, 0.1) is 0 Å². The van der Waals surface area contributed by atoms with Gasteiger partial charge in [-0.3, -0.25) is 9.36 Å². The molecule has 1 saturated carbocycles. The van der Waals surface area contributed by atoms with Crippen molar-refractivity contribution in [3.63, 3.8) is 0 Å². The number of nitrogens with zero attached hydrogens (tertiary/aromatic N) is 4. The molecule has 7 heteroatoms. The second kappa shape index (κ2) is 4.20. The van der Waals surface area contributed by atoms with Crippen molar-refractivity contribution in [3.8, 4) is 0 Å². The molecular formula is C11H11ClN4O2. The Morgan fingerprint density at radius 1 is 1.50 bits per heavy atom. The summed E-state index contributed by atoms with van der Waals surface area (Å²) in [5, 5.41) is 3.94. The van der Waals surface area contributed by atoms with Gasteiger partial charge in [0.2, 0.25) is 5.89 Å². The van der Waals surface area contributed by atoms with Crippen LogP contribution in [0, 0.1) is 6.92 Å². The molecule has 0 saturated heterocycles. The zero-order valence-electron chi connectivity index (χ0n) is 9.76. The fourth-order valence-electron chi connectivity index (χ4n) is 1.85. The molecule has 0 atom stereocenters. The Hall–Kier alpha value is -1.69. The number of halogens is 1. The second-order valence-corrected chi connectivity index (χ2v) is 4.76. The van der Waals surface area contributed by atoms with E-state index in [2.05, 4.69) is 15.1 Å². The molecule has 6 nitrogen and oxygen atoms in total. The van der Waals surface area contributed by atoms with E-state index in [1.165, 1.54) is 6.07 Å². The Kier molecular flexibility index (Phi) is 2.66. The van der Waals surface area contributed by atoms with Gasteiger partial charge in [-0.1, -0.05) is 16.8 Å². The summed E-state index contributed by atoms with van der Waals surface area (Å²) in [5.74, 6) is 1.98. The third-order valence-corrected chi connectivity index (χ3v) is 3.01. The van der Waals surface area contributed by atoms with Crippen LogP contribution in [0.25, 0.3) is 0 Å². The molecule has 1 aliphatic carbocycles. The van der Waals surface area contributed by atoms with Crippen molar-refractivity contribution in [1.82, 2.24) is 19.7 Å². The topological polar surface area (TPSA) is 73.8 Å². The van der Waals surface area contributed by atoms with E-state index >= 15 is 0 Å². The van der Waals surface area contributed by atoms with Gasteiger partial charge in [-0.15, -0.1) is 0 Å². The van der Waals surface area contributed by atoms with Crippen LogP contribution in [-0.2, 0) is 6.54 Å². The highest BCUT2D eigenvalue weighted by Gasteiger charge is 2.29. The number of rotatable bonds is 3. The normalized spacial score (nSPS) is 15.0. The molecule has 0 amide bonds. The van der Waals surface area contributed by atoms with Crippen LogP contribution in [0.3, 0.4) is 0 Å². The Morgan fingerprint density at radius 3 is 2.89 bits per heavy atom. The highest BCUT2D eigenvalue weighted by molar-refractivity contribution is 6.29. The van der Waals surface area contributed by atoms with Crippen molar-refractivity contribution >= 4 is 11.6 Å². The highest BCUT2D eigenvalue weighted by Crippen LogP contribution is 2.38. The summed E-state index contributed by atoms with van der Waals surface area (Å²) in [7, 11) is 0. The number of aryl methyl sites for hydroxylation is 1. The van der Waals surface area contributed by atoms with E-state index < -0.39 is 0 Å². The summed E-state index contributed by atoms with van der Waals surface area (Å²) in [4.78, 5) is 20.3. The summed E-state index contributed by atoms with van der Waals surface area (Å²) < 4.78 is 6.58. The van der Waals surface area contributed by atoms with E-state index in [4.69, 9.17) is 16.1 Å². The third-order valence-electron chi connectivity index (χ3n) is 2.81. The smallest absolute Gasteiger partial charge is 0.255 e. The van der Waals surface area contributed by atoms with Crippen LogP contribution in [-0.4, -0.2) is 19.7 Å². The zero-order valence-corrected chi connectivity index (χ0v) is 10.5. The molecule has 0 radical (unpaired) electrons. The van der Waals surface area contributed by atoms with Gasteiger partial charge in [-0.25, -0.2) is 4.98 Å². The molecule has 2 aromatic rings. The first-order valence-corrected chi connectivity index (χ1v) is 6.08. The molecule has 2 aromatic heterocycles. The molecule has 1 fully saturated rings. The Morgan fingerprint density at radius 2 is 2.28 bits per heavy atom. The fraction of sp³-hybridized carbons (Fsp3) is 0.455. The maximum Gasteiger partial charge on any atom is 0.255 e. The highest BCUT2D eigenvalue weighted by atomic mass is 35.5. The molecule has 0 N–H and O–H groups in total. The zero-order chi connectivity index (χ0) is 12.7. The minimum absolute atomic E-state index is 0.187. The van der Waals surface area contributed by atoms with Gasteiger partial charge < -0.3 is 4.52 Å².